The highest BCUT2D eigenvalue weighted by atomic mass is 16.4. The van der Waals surface area contributed by atoms with Crippen LogP contribution in [0.2, 0.25) is 0 Å². The zero-order chi connectivity index (χ0) is 12.2. The van der Waals surface area contributed by atoms with Crippen LogP contribution >= 0.6 is 0 Å². The van der Waals surface area contributed by atoms with Gasteiger partial charge in [-0.05, 0) is 20.8 Å². The average molecular weight is 216 g/mol. The maximum Gasteiger partial charge on any atom is 0.305 e. The lowest BCUT2D eigenvalue weighted by Crippen LogP contribution is -2.49. The molecule has 0 saturated carbocycles. The van der Waals surface area contributed by atoms with Crippen LogP contribution in [0, 0.1) is 5.92 Å². The summed E-state index contributed by atoms with van der Waals surface area (Å²) in [7, 11) is 0. The molecule has 5 heteroatoms. The summed E-state index contributed by atoms with van der Waals surface area (Å²) in [5, 5.41) is 11.3. The minimum atomic E-state index is -0.936. The molecule has 2 atom stereocenters. The van der Waals surface area contributed by atoms with Crippen molar-refractivity contribution >= 4 is 11.9 Å². The lowest BCUT2D eigenvalue weighted by molar-refractivity contribution is -0.138. The van der Waals surface area contributed by atoms with Crippen LogP contribution in [0.1, 0.15) is 34.1 Å². The Morgan fingerprint density at radius 3 is 2.20 bits per heavy atom. The van der Waals surface area contributed by atoms with Crippen LogP contribution in [0.3, 0.4) is 0 Å². The highest BCUT2D eigenvalue weighted by Gasteiger charge is 2.27. The van der Waals surface area contributed by atoms with Crippen molar-refractivity contribution in [3.05, 3.63) is 0 Å². The van der Waals surface area contributed by atoms with Gasteiger partial charge in [-0.2, -0.15) is 0 Å². The number of rotatable bonds is 5. The molecule has 15 heavy (non-hydrogen) atoms. The van der Waals surface area contributed by atoms with Crippen molar-refractivity contribution in [1.29, 1.82) is 0 Å². The van der Waals surface area contributed by atoms with Crippen LogP contribution in [-0.2, 0) is 9.59 Å². The average Bonchev–Trinajstić information content (AvgIpc) is 1.98. The van der Waals surface area contributed by atoms with Gasteiger partial charge in [-0.15, -0.1) is 0 Å². The first-order valence-corrected chi connectivity index (χ1v) is 4.95. The number of amides is 1. The maximum atomic E-state index is 11.6. The van der Waals surface area contributed by atoms with Gasteiger partial charge in [-0.25, -0.2) is 0 Å². The largest absolute Gasteiger partial charge is 0.481 e. The van der Waals surface area contributed by atoms with Crippen LogP contribution in [0.5, 0.6) is 0 Å². The Bertz CT molecular complexity index is 249. The van der Waals surface area contributed by atoms with Crippen LogP contribution in [0.15, 0.2) is 0 Å². The SMILES string of the molecule is CC(N)C(C)C(=O)NC(C)(C)CC(=O)O. The van der Waals surface area contributed by atoms with Gasteiger partial charge in [0.1, 0.15) is 0 Å². The van der Waals surface area contributed by atoms with Gasteiger partial charge >= 0.3 is 5.97 Å². The topological polar surface area (TPSA) is 92.4 Å². The first kappa shape index (κ1) is 13.9. The van der Waals surface area contributed by atoms with Gasteiger partial charge in [0, 0.05) is 17.5 Å². The van der Waals surface area contributed by atoms with Gasteiger partial charge in [0.25, 0.3) is 0 Å². The Morgan fingerprint density at radius 1 is 1.40 bits per heavy atom. The van der Waals surface area contributed by atoms with E-state index in [-0.39, 0.29) is 24.3 Å². The maximum absolute atomic E-state index is 11.6. The summed E-state index contributed by atoms with van der Waals surface area (Å²) in [6.45, 7) is 6.81. The van der Waals surface area contributed by atoms with E-state index in [0.717, 1.165) is 0 Å². The summed E-state index contributed by atoms with van der Waals surface area (Å²) in [4.78, 5) is 22.1. The summed E-state index contributed by atoms with van der Waals surface area (Å²) >= 11 is 0. The van der Waals surface area contributed by atoms with Crippen LogP contribution in [0.25, 0.3) is 0 Å². The summed E-state index contributed by atoms with van der Waals surface area (Å²) in [5.74, 6) is -1.47. The van der Waals surface area contributed by atoms with Crippen molar-refractivity contribution in [2.24, 2.45) is 11.7 Å². The number of nitrogens with one attached hydrogen (secondary N) is 1. The standard InChI is InChI=1S/C10H20N2O3/c1-6(7(2)11)9(15)12-10(3,4)5-8(13)14/h6-7H,5,11H2,1-4H3,(H,12,15)(H,13,14). The highest BCUT2D eigenvalue weighted by Crippen LogP contribution is 2.10. The molecule has 2 unspecified atom stereocenters. The minimum Gasteiger partial charge on any atom is -0.481 e. The lowest BCUT2D eigenvalue weighted by Gasteiger charge is -2.27. The molecule has 0 aromatic rings. The molecule has 88 valence electrons. The Hall–Kier alpha value is -1.10. The van der Waals surface area contributed by atoms with Crippen LogP contribution in [0.4, 0.5) is 0 Å². The molecule has 0 aliphatic carbocycles. The van der Waals surface area contributed by atoms with Crippen molar-refractivity contribution in [2.45, 2.75) is 45.7 Å². The number of nitrogens with two attached hydrogens (primary N) is 1. The van der Waals surface area contributed by atoms with E-state index in [9.17, 15) is 9.59 Å². The van der Waals surface area contributed by atoms with E-state index in [2.05, 4.69) is 5.32 Å². The molecule has 1 amide bonds. The molecular weight excluding hydrogens is 196 g/mol. The van der Waals surface area contributed by atoms with E-state index in [1.807, 2.05) is 0 Å². The summed E-state index contributed by atoms with van der Waals surface area (Å²) in [6, 6.07) is -0.245. The predicted molar refractivity (Wildman–Crippen MR) is 57.3 cm³/mol. The van der Waals surface area contributed by atoms with E-state index in [0.29, 0.717) is 0 Å². The number of hydrogen-bond donors (Lipinski definition) is 3. The Labute approximate surface area is 90.0 Å². The van der Waals surface area contributed by atoms with Gasteiger partial charge in [0.2, 0.25) is 5.91 Å². The molecule has 0 aromatic carbocycles. The van der Waals surface area contributed by atoms with Gasteiger partial charge in [-0.1, -0.05) is 6.92 Å². The Morgan fingerprint density at radius 2 is 1.87 bits per heavy atom. The monoisotopic (exact) mass is 216 g/mol. The lowest BCUT2D eigenvalue weighted by atomic mass is 9.97. The first-order valence-electron chi connectivity index (χ1n) is 4.95. The fourth-order valence-electron chi connectivity index (χ4n) is 1.11. The third kappa shape index (κ3) is 5.37. The second-order valence-corrected chi connectivity index (χ2v) is 4.59. The van der Waals surface area contributed by atoms with Crippen molar-refractivity contribution in [3.8, 4) is 0 Å². The molecule has 0 spiro atoms. The van der Waals surface area contributed by atoms with Crippen molar-refractivity contribution < 1.29 is 14.7 Å². The number of carboxylic acid groups (broad SMARTS) is 1. The molecule has 5 nitrogen and oxygen atoms in total. The molecule has 0 aliphatic heterocycles. The van der Waals surface area contributed by atoms with Gasteiger partial charge in [-0.3, -0.25) is 9.59 Å². The molecular formula is C10H20N2O3. The molecule has 0 radical (unpaired) electrons. The van der Waals surface area contributed by atoms with Crippen molar-refractivity contribution in [3.63, 3.8) is 0 Å². The third-order valence-electron chi connectivity index (χ3n) is 2.26. The van der Waals surface area contributed by atoms with Gasteiger partial charge < -0.3 is 16.2 Å². The number of carboxylic acids is 1. The van der Waals surface area contributed by atoms with Gasteiger partial charge in [0.05, 0.1) is 6.42 Å². The Kier molecular flexibility index (Phi) is 4.74. The van der Waals surface area contributed by atoms with E-state index in [1.54, 1.807) is 27.7 Å². The van der Waals surface area contributed by atoms with Gasteiger partial charge in [0.15, 0.2) is 0 Å². The summed E-state index contributed by atoms with van der Waals surface area (Å²) in [6.07, 6.45) is -0.107. The normalized spacial score (nSPS) is 15.5. The second kappa shape index (κ2) is 5.11. The minimum absolute atomic E-state index is 0.107. The Balaban J connectivity index is 4.33. The van der Waals surface area contributed by atoms with E-state index in [4.69, 9.17) is 10.8 Å². The molecule has 0 bridgehead atoms. The van der Waals surface area contributed by atoms with Crippen molar-refractivity contribution in [1.82, 2.24) is 5.32 Å². The van der Waals surface area contributed by atoms with Crippen molar-refractivity contribution in [2.75, 3.05) is 0 Å². The fraction of sp³-hybridized carbons (Fsp3) is 0.800. The summed E-state index contributed by atoms with van der Waals surface area (Å²) in [5.41, 5.74) is 4.84. The molecule has 0 heterocycles. The molecule has 4 N–H and O–H groups in total. The van der Waals surface area contributed by atoms with Crippen LogP contribution in [-0.4, -0.2) is 28.6 Å². The molecule has 0 fully saturated rings. The molecule has 0 aromatic heterocycles. The first-order chi connectivity index (χ1) is 6.65. The third-order valence-corrected chi connectivity index (χ3v) is 2.26. The number of carbonyl (C=O) groups is 2. The zero-order valence-electron chi connectivity index (χ0n) is 9.70. The van der Waals surface area contributed by atoms with Crippen LogP contribution < -0.4 is 11.1 Å². The summed E-state index contributed by atoms with van der Waals surface area (Å²) < 4.78 is 0. The number of hydrogen-bond acceptors (Lipinski definition) is 3. The predicted octanol–water partition coefficient (Wildman–Crippen LogP) is 0.339. The smallest absolute Gasteiger partial charge is 0.305 e. The molecule has 0 saturated heterocycles. The molecule has 0 rings (SSSR count). The quantitative estimate of drug-likeness (QED) is 0.618. The second-order valence-electron chi connectivity index (χ2n) is 4.59. The number of aliphatic carboxylic acids is 1. The van der Waals surface area contributed by atoms with E-state index in [1.165, 1.54) is 0 Å². The number of carbonyl (C=O) groups excluding carboxylic acids is 1. The zero-order valence-corrected chi connectivity index (χ0v) is 9.70. The van der Waals surface area contributed by atoms with E-state index < -0.39 is 11.5 Å². The fourth-order valence-corrected chi connectivity index (χ4v) is 1.11. The van der Waals surface area contributed by atoms with E-state index >= 15 is 0 Å². The molecule has 0 aliphatic rings. The highest BCUT2D eigenvalue weighted by molar-refractivity contribution is 5.80.